The highest BCUT2D eigenvalue weighted by atomic mass is 32.1. The van der Waals surface area contributed by atoms with Crippen molar-refractivity contribution in [3.05, 3.63) is 10.6 Å². The molecule has 1 heterocycles. The van der Waals surface area contributed by atoms with Crippen LogP contribution in [0, 0.1) is 0 Å². The van der Waals surface area contributed by atoms with Crippen molar-refractivity contribution >= 4 is 22.4 Å². The molecule has 0 fully saturated rings. The lowest BCUT2D eigenvalue weighted by molar-refractivity contribution is 0.0700. The Labute approximate surface area is 111 Å². The number of rotatable bonds is 7. The lowest BCUT2D eigenvalue weighted by Gasteiger charge is -2.23. The highest BCUT2D eigenvalue weighted by Gasteiger charge is 2.20. The van der Waals surface area contributed by atoms with Gasteiger partial charge in [0.15, 0.2) is 5.13 Å². The fraction of sp³-hybridized carbons (Fsp3) is 0.667. The normalized spacial score (nSPS) is 12.4. The van der Waals surface area contributed by atoms with E-state index in [9.17, 15) is 4.79 Å². The van der Waals surface area contributed by atoms with Crippen molar-refractivity contribution in [2.45, 2.75) is 32.7 Å². The van der Waals surface area contributed by atoms with Crippen molar-refractivity contribution in [2.24, 2.45) is 0 Å². The number of carboxylic acids is 1. The molecule has 0 saturated heterocycles. The molecule has 0 aromatic carbocycles. The molecule has 0 spiro atoms. The number of aromatic nitrogens is 1. The third kappa shape index (κ3) is 3.43. The summed E-state index contributed by atoms with van der Waals surface area (Å²) >= 11 is 1.23. The number of methoxy groups -OCH3 is 1. The van der Waals surface area contributed by atoms with Crippen molar-refractivity contribution < 1.29 is 14.6 Å². The average Bonchev–Trinajstić information content (AvgIpc) is 2.73. The molecule has 0 aliphatic heterocycles. The number of carbonyl (C=O) groups is 1. The van der Waals surface area contributed by atoms with Crippen molar-refractivity contribution in [1.29, 1.82) is 0 Å². The van der Waals surface area contributed by atoms with Gasteiger partial charge < -0.3 is 14.7 Å². The lowest BCUT2D eigenvalue weighted by atomic mass is 10.2. The van der Waals surface area contributed by atoms with Crippen LogP contribution in [0.1, 0.15) is 35.6 Å². The maximum atomic E-state index is 11.2. The Bertz CT molecular complexity index is 406. The van der Waals surface area contributed by atoms with Crippen LogP contribution in [0.2, 0.25) is 0 Å². The van der Waals surface area contributed by atoms with Gasteiger partial charge in [0.2, 0.25) is 0 Å². The first kappa shape index (κ1) is 14.9. The highest BCUT2D eigenvalue weighted by molar-refractivity contribution is 7.17. The Kier molecular flexibility index (Phi) is 5.55. The van der Waals surface area contributed by atoms with Gasteiger partial charge in [-0.25, -0.2) is 9.78 Å². The molecule has 1 atom stereocenters. The van der Waals surface area contributed by atoms with E-state index in [2.05, 4.69) is 4.98 Å². The standard InChI is InChI=1S/C12H20N2O3S/c1-5-6-9-10(11(15)16)18-12(13-9)14(3)8(2)7-17-4/h8H,5-7H2,1-4H3,(H,15,16). The molecule has 1 aromatic rings. The molecule has 1 unspecified atom stereocenters. The minimum atomic E-state index is -0.894. The predicted octanol–water partition coefficient (Wildman–Crippen LogP) is 2.26. The number of anilines is 1. The Morgan fingerprint density at radius 2 is 2.28 bits per heavy atom. The van der Waals surface area contributed by atoms with E-state index < -0.39 is 5.97 Å². The summed E-state index contributed by atoms with van der Waals surface area (Å²) in [6.45, 7) is 4.62. The van der Waals surface area contributed by atoms with Crippen LogP contribution in [0.5, 0.6) is 0 Å². The molecule has 0 aliphatic rings. The Balaban J connectivity index is 2.96. The van der Waals surface area contributed by atoms with Gasteiger partial charge in [-0.05, 0) is 13.3 Å². The number of ether oxygens (including phenoxy) is 1. The summed E-state index contributed by atoms with van der Waals surface area (Å²) in [7, 11) is 3.56. The molecule has 1 rings (SSSR count). The van der Waals surface area contributed by atoms with Gasteiger partial charge in [-0.15, -0.1) is 0 Å². The summed E-state index contributed by atoms with van der Waals surface area (Å²) in [5, 5.41) is 9.89. The smallest absolute Gasteiger partial charge is 0.347 e. The molecule has 1 aromatic heterocycles. The second-order valence-electron chi connectivity index (χ2n) is 4.24. The van der Waals surface area contributed by atoms with Crippen molar-refractivity contribution in [3.8, 4) is 0 Å². The zero-order valence-corrected chi connectivity index (χ0v) is 12.1. The van der Waals surface area contributed by atoms with Gasteiger partial charge in [-0.1, -0.05) is 24.7 Å². The van der Waals surface area contributed by atoms with E-state index in [0.717, 1.165) is 11.6 Å². The third-order valence-electron chi connectivity index (χ3n) is 2.74. The topological polar surface area (TPSA) is 62.7 Å². The van der Waals surface area contributed by atoms with Gasteiger partial charge in [0.05, 0.1) is 18.3 Å². The van der Waals surface area contributed by atoms with Crippen LogP contribution in [-0.4, -0.2) is 42.9 Å². The fourth-order valence-electron chi connectivity index (χ4n) is 1.60. The number of hydrogen-bond donors (Lipinski definition) is 1. The van der Waals surface area contributed by atoms with Crippen LogP contribution < -0.4 is 4.90 Å². The van der Waals surface area contributed by atoms with Gasteiger partial charge in [0.25, 0.3) is 0 Å². The molecule has 102 valence electrons. The van der Waals surface area contributed by atoms with Crippen LogP contribution in [0.3, 0.4) is 0 Å². The van der Waals surface area contributed by atoms with Crippen molar-refractivity contribution in [2.75, 3.05) is 25.7 Å². The van der Waals surface area contributed by atoms with Gasteiger partial charge in [-0.2, -0.15) is 0 Å². The number of carboxylic acid groups (broad SMARTS) is 1. The summed E-state index contributed by atoms with van der Waals surface area (Å²) in [6, 6.07) is 0.164. The molecular formula is C12H20N2O3S. The summed E-state index contributed by atoms with van der Waals surface area (Å²) in [5.74, 6) is -0.894. The SMILES string of the molecule is CCCc1nc(N(C)C(C)COC)sc1C(=O)O. The van der Waals surface area contributed by atoms with Crippen LogP contribution in [0.4, 0.5) is 5.13 Å². The summed E-state index contributed by atoms with van der Waals surface area (Å²) < 4.78 is 5.10. The largest absolute Gasteiger partial charge is 0.477 e. The molecule has 0 amide bonds. The number of aryl methyl sites for hydroxylation is 1. The summed E-state index contributed by atoms with van der Waals surface area (Å²) in [5.41, 5.74) is 0.682. The number of hydrogen-bond acceptors (Lipinski definition) is 5. The Morgan fingerprint density at radius 1 is 1.61 bits per heavy atom. The molecular weight excluding hydrogens is 252 g/mol. The number of thiazole rings is 1. The van der Waals surface area contributed by atoms with E-state index >= 15 is 0 Å². The van der Waals surface area contributed by atoms with Crippen LogP contribution >= 0.6 is 11.3 Å². The van der Waals surface area contributed by atoms with E-state index in [1.165, 1.54) is 11.3 Å². The number of nitrogens with zero attached hydrogens (tertiary/aromatic N) is 2. The van der Waals surface area contributed by atoms with Gasteiger partial charge >= 0.3 is 5.97 Å². The van der Waals surface area contributed by atoms with Crippen LogP contribution in [0.15, 0.2) is 0 Å². The first-order valence-electron chi connectivity index (χ1n) is 5.96. The Morgan fingerprint density at radius 3 is 2.78 bits per heavy atom. The van der Waals surface area contributed by atoms with E-state index in [1.54, 1.807) is 7.11 Å². The molecule has 18 heavy (non-hydrogen) atoms. The molecule has 0 aliphatic carbocycles. The van der Waals surface area contributed by atoms with Crippen molar-refractivity contribution in [1.82, 2.24) is 4.98 Å². The third-order valence-corrected chi connectivity index (χ3v) is 3.91. The minimum Gasteiger partial charge on any atom is -0.477 e. The van der Waals surface area contributed by atoms with Crippen LogP contribution in [-0.2, 0) is 11.2 Å². The highest BCUT2D eigenvalue weighted by Crippen LogP contribution is 2.27. The van der Waals surface area contributed by atoms with Gasteiger partial charge in [0.1, 0.15) is 4.88 Å². The van der Waals surface area contributed by atoms with E-state index in [-0.39, 0.29) is 6.04 Å². The zero-order valence-electron chi connectivity index (χ0n) is 11.3. The lowest BCUT2D eigenvalue weighted by Crippen LogP contribution is -2.32. The average molecular weight is 272 g/mol. The molecule has 0 saturated carbocycles. The molecule has 0 radical (unpaired) electrons. The summed E-state index contributed by atoms with van der Waals surface area (Å²) in [4.78, 5) is 17.9. The quantitative estimate of drug-likeness (QED) is 0.825. The number of likely N-dealkylation sites (N-methyl/N-ethyl adjacent to an activating group) is 1. The number of aromatic carboxylic acids is 1. The molecule has 5 nitrogen and oxygen atoms in total. The molecule has 6 heteroatoms. The molecule has 0 bridgehead atoms. The summed E-state index contributed by atoms with van der Waals surface area (Å²) in [6.07, 6.45) is 1.59. The van der Waals surface area contributed by atoms with Crippen LogP contribution in [0.25, 0.3) is 0 Å². The second-order valence-corrected chi connectivity index (χ2v) is 5.22. The second kappa shape index (κ2) is 6.70. The fourth-order valence-corrected chi connectivity index (χ4v) is 2.62. The zero-order chi connectivity index (χ0) is 13.7. The first-order chi connectivity index (χ1) is 8.51. The maximum Gasteiger partial charge on any atom is 0.347 e. The van der Waals surface area contributed by atoms with Crippen molar-refractivity contribution in [3.63, 3.8) is 0 Å². The van der Waals surface area contributed by atoms with E-state index in [1.807, 2.05) is 25.8 Å². The van der Waals surface area contributed by atoms with Gasteiger partial charge in [-0.3, -0.25) is 0 Å². The Hall–Kier alpha value is -1.14. The van der Waals surface area contributed by atoms with E-state index in [0.29, 0.717) is 23.6 Å². The van der Waals surface area contributed by atoms with E-state index in [4.69, 9.17) is 9.84 Å². The monoisotopic (exact) mass is 272 g/mol. The minimum absolute atomic E-state index is 0.164. The predicted molar refractivity (Wildman–Crippen MR) is 72.8 cm³/mol. The maximum absolute atomic E-state index is 11.2. The molecule has 1 N–H and O–H groups in total. The first-order valence-corrected chi connectivity index (χ1v) is 6.77. The van der Waals surface area contributed by atoms with Gasteiger partial charge in [0, 0.05) is 14.2 Å².